The largest absolute Gasteiger partial charge is 0.314 e. The van der Waals surface area contributed by atoms with Gasteiger partial charge in [-0.15, -0.1) is 0 Å². The third-order valence-corrected chi connectivity index (χ3v) is 2.91. The fourth-order valence-electron chi connectivity index (χ4n) is 1.08. The number of aromatic nitrogens is 1. The van der Waals surface area contributed by atoms with Crippen LogP contribution in [0.15, 0.2) is 15.5 Å². The monoisotopic (exact) mass is 229 g/mol. The summed E-state index contributed by atoms with van der Waals surface area (Å²) < 4.78 is 2.70. The first kappa shape index (κ1) is 9.52. The number of rotatable bonds is 1. The van der Waals surface area contributed by atoms with Gasteiger partial charge in [-0.25, -0.2) is 0 Å². The van der Waals surface area contributed by atoms with E-state index in [1.807, 2.05) is 27.0 Å². The zero-order chi connectivity index (χ0) is 9.30. The molecule has 0 N–H and O–H groups in total. The van der Waals surface area contributed by atoms with Crippen molar-refractivity contribution in [3.05, 3.63) is 32.2 Å². The second kappa shape index (κ2) is 3.44. The maximum absolute atomic E-state index is 11.5. The van der Waals surface area contributed by atoms with E-state index in [1.54, 1.807) is 4.57 Å². The summed E-state index contributed by atoms with van der Waals surface area (Å²) in [6, 6.07) is 0. The van der Waals surface area contributed by atoms with Gasteiger partial charge in [-0.05, 0) is 42.3 Å². The maximum Gasteiger partial charge on any atom is 0.253 e. The first-order valence-electron chi connectivity index (χ1n) is 3.94. The molecule has 0 spiro atoms. The Kier molecular flexibility index (Phi) is 2.73. The predicted octanol–water partition coefficient (Wildman–Crippen LogP) is 2.25. The number of hydrogen-bond acceptors (Lipinski definition) is 1. The van der Waals surface area contributed by atoms with Crippen LogP contribution in [0.3, 0.4) is 0 Å². The molecule has 0 unspecified atom stereocenters. The molecule has 0 aliphatic carbocycles. The van der Waals surface area contributed by atoms with Crippen molar-refractivity contribution in [3.8, 4) is 0 Å². The molecule has 0 atom stereocenters. The van der Waals surface area contributed by atoms with E-state index in [1.165, 1.54) is 0 Å². The lowest BCUT2D eigenvalue weighted by Gasteiger charge is -2.07. The molecular formula is C9H12BrNO. The summed E-state index contributed by atoms with van der Waals surface area (Å²) in [5.74, 6) is 0. The van der Waals surface area contributed by atoms with Crippen molar-refractivity contribution in [2.75, 3.05) is 0 Å². The summed E-state index contributed by atoms with van der Waals surface area (Å²) >= 11 is 3.41. The van der Waals surface area contributed by atoms with Gasteiger partial charge in [0.2, 0.25) is 0 Å². The summed E-state index contributed by atoms with van der Waals surface area (Å²) in [5.41, 5.74) is 1.97. The van der Waals surface area contributed by atoms with Crippen LogP contribution in [0.4, 0.5) is 0 Å². The Morgan fingerprint density at radius 1 is 1.42 bits per heavy atom. The second-order valence-electron chi connectivity index (χ2n) is 2.82. The van der Waals surface area contributed by atoms with Gasteiger partial charge in [0, 0.05) is 22.8 Å². The highest BCUT2D eigenvalue weighted by Gasteiger charge is 2.04. The number of halogens is 1. The van der Waals surface area contributed by atoms with Crippen LogP contribution in [0.25, 0.3) is 0 Å². The van der Waals surface area contributed by atoms with Crippen LogP contribution >= 0.6 is 15.9 Å². The smallest absolute Gasteiger partial charge is 0.253 e. The van der Waals surface area contributed by atoms with Crippen LogP contribution in [0.1, 0.15) is 18.1 Å². The van der Waals surface area contributed by atoms with E-state index in [9.17, 15) is 4.79 Å². The highest BCUT2D eigenvalue weighted by atomic mass is 79.9. The normalized spacial score (nSPS) is 10.3. The molecule has 1 aromatic heterocycles. The van der Waals surface area contributed by atoms with Crippen LogP contribution in [-0.4, -0.2) is 4.57 Å². The summed E-state index contributed by atoms with van der Waals surface area (Å²) in [6.45, 7) is 6.48. The molecule has 2 nitrogen and oxygen atoms in total. The van der Waals surface area contributed by atoms with Gasteiger partial charge in [0.1, 0.15) is 0 Å². The van der Waals surface area contributed by atoms with Crippen molar-refractivity contribution in [2.45, 2.75) is 27.3 Å². The average molecular weight is 230 g/mol. The second-order valence-corrected chi connectivity index (χ2v) is 3.67. The van der Waals surface area contributed by atoms with Gasteiger partial charge >= 0.3 is 0 Å². The van der Waals surface area contributed by atoms with Gasteiger partial charge < -0.3 is 4.57 Å². The minimum atomic E-state index is 0.109. The molecule has 0 aliphatic heterocycles. The van der Waals surface area contributed by atoms with Crippen molar-refractivity contribution < 1.29 is 0 Å². The van der Waals surface area contributed by atoms with E-state index < -0.39 is 0 Å². The van der Waals surface area contributed by atoms with Gasteiger partial charge in [-0.3, -0.25) is 4.79 Å². The molecule has 0 fully saturated rings. The summed E-state index contributed by atoms with van der Waals surface area (Å²) in [6.07, 6.45) is 1.84. The zero-order valence-electron chi connectivity index (χ0n) is 7.52. The number of hydrogen-bond donors (Lipinski definition) is 0. The lowest BCUT2D eigenvalue weighted by Crippen LogP contribution is -2.22. The van der Waals surface area contributed by atoms with Gasteiger partial charge in [-0.2, -0.15) is 0 Å². The summed E-state index contributed by atoms with van der Waals surface area (Å²) in [5, 5.41) is 0. The lowest BCUT2D eigenvalue weighted by molar-refractivity contribution is 0.715. The lowest BCUT2D eigenvalue weighted by atomic mass is 10.2. The van der Waals surface area contributed by atoms with Crippen molar-refractivity contribution >= 4 is 15.9 Å². The molecule has 0 aliphatic rings. The quantitative estimate of drug-likeness (QED) is 0.725. The van der Waals surface area contributed by atoms with E-state index >= 15 is 0 Å². The Hall–Kier alpha value is -0.570. The van der Waals surface area contributed by atoms with Gasteiger partial charge in [0.25, 0.3) is 5.56 Å². The molecule has 0 saturated carbocycles. The topological polar surface area (TPSA) is 22.0 Å². The molecule has 0 radical (unpaired) electrons. The van der Waals surface area contributed by atoms with E-state index in [2.05, 4.69) is 15.9 Å². The highest BCUT2D eigenvalue weighted by molar-refractivity contribution is 9.10. The molecule has 3 heteroatoms. The molecule has 0 amide bonds. The molecule has 0 saturated heterocycles. The van der Waals surface area contributed by atoms with E-state index in [-0.39, 0.29) is 5.56 Å². The van der Waals surface area contributed by atoms with Gasteiger partial charge in [0.05, 0.1) is 0 Å². The SMILES string of the molecule is CCn1cc(Br)c(C)c(C)c1=O. The summed E-state index contributed by atoms with van der Waals surface area (Å²) in [7, 11) is 0. The van der Waals surface area contributed by atoms with Crippen LogP contribution < -0.4 is 5.56 Å². The van der Waals surface area contributed by atoms with E-state index in [0.29, 0.717) is 0 Å². The van der Waals surface area contributed by atoms with Crippen molar-refractivity contribution in [3.63, 3.8) is 0 Å². The van der Waals surface area contributed by atoms with Crippen molar-refractivity contribution in [1.29, 1.82) is 0 Å². The predicted molar refractivity (Wildman–Crippen MR) is 53.6 cm³/mol. The van der Waals surface area contributed by atoms with E-state index in [4.69, 9.17) is 0 Å². The Bertz CT molecular complexity index is 354. The molecule has 0 bridgehead atoms. The molecule has 1 rings (SSSR count). The first-order chi connectivity index (χ1) is 5.57. The maximum atomic E-state index is 11.5. The van der Waals surface area contributed by atoms with Crippen molar-refractivity contribution in [2.24, 2.45) is 0 Å². The Morgan fingerprint density at radius 2 is 2.00 bits per heavy atom. The minimum absolute atomic E-state index is 0.109. The summed E-state index contributed by atoms with van der Waals surface area (Å²) in [4.78, 5) is 11.5. The third kappa shape index (κ3) is 1.46. The Morgan fingerprint density at radius 3 is 2.50 bits per heavy atom. The van der Waals surface area contributed by atoms with Crippen LogP contribution in [0.5, 0.6) is 0 Å². The highest BCUT2D eigenvalue weighted by Crippen LogP contribution is 2.15. The Labute approximate surface area is 80.3 Å². The third-order valence-electron chi connectivity index (χ3n) is 2.11. The van der Waals surface area contributed by atoms with Gasteiger partial charge in [-0.1, -0.05) is 0 Å². The minimum Gasteiger partial charge on any atom is -0.314 e. The Balaban J connectivity index is 3.50. The standard InChI is InChI=1S/C9H12BrNO/c1-4-11-5-8(10)6(2)7(3)9(11)12/h5H,4H2,1-3H3. The molecule has 1 heterocycles. The van der Waals surface area contributed by atoms with Crippen LogP contribution in [0.2, 0.25) is 0 Å². The van der Waals surface area contributed by atoms with Crippen LogP contribution in [-0.2, 0) is 6.54 Å². The van der Waals surface area contributed by atoms with E-state index in [0.717, 1.165) is 22.1 Å². The number of aryl methyl sites for hydroxylation is 1. The average Bonchev–Trinajstić information content (AvgIpc) is 2.08. The van der Waals surface area contributed by atoms with Crippen molar-refractivity contribution in [1.82, 2.24) is 4.57 Å². The molecule has 66 valence electrons. The van der Waals surface area contributed by atoms with Gasteiger partial charge in [0.15, 0.2) is 0 Å². The number of pyridine rings is 1. The first-order valence-corrected chi connectivity index (χ1v) is 4.73. The van der Waals surface area contributed by atoms with Crippen LogP contribution in [0, 0.1) is 13.8 Å². The fourth-order valence-corrected chi connectivity index (χ4v) is 1.63. The molecular weight excluding hydrogens is 218 g/mol. The molecule has 1 aromatic rings. The fraction of sp³-hybridized carbons (Fsp3) is 0.444. The molecule has 12 heavy (non-hydrogen) atoms. The molecule has 0 aromatic carbocycles. The number of nitrogens with zero attached hydrogens (tertiary/aromatic N) is 1. The zero-order valence-corrected chi connectivity index (χ0v) is 9.10.